The highest BCUT2D eigenvalue weighted by Crippen LogP contribution is 2.27. The van der Waals surface area contributed by atoms with Crippen molar-refractivity contribution in [3.05, 3.63) is 32.6 Å². The molecule has 3 atom stereocenters. The number of ether oxygens (including phenoxy) is 1. The third kappa shape index (κ3) is 3.07. The normalized spacial score (nSPS) is 25.4. The summed E-state index contributed by atoms with van der Waals surface area (Å²) >= 11 is 0. The number of aliphatic hydroxyl groups excluding tert-OH is 2. The van der Waals surface area contributed by atoms with Gasteiger partial charge in [-0.2, -0.15) is 0 Å². The highest BCUT2D eigenvalue weighted by molar-refractivity contribution is 5.04. The monoisotopic (exact) mass is 302 g/mol. The summed E-state index contributed by atoms with van der Waals surface area (Å²) in [5.41, 5.74) is -0.726. The van der Waals surface area contributed by atoms with E-state index in [0.717, 1.165) is 4.57 Å². The molecule has 0 bridgehead atoms. The first-order valence-electron chi connectivity index (χ1n) is 6.82. The van der Waals surface area contributed by atoms with E-state index in [4.69, 9.17) is 9.84 Å². The van der Waals surface area contributed by atoms with Gasteiger partial charge < -0.3 is 14.9 Å². The number of hydrogen-bond acceptors (Lipinski definition) is 5. The average molecular weight is 302 g/mol. The molecular weight excluding hydrogens is 283 g/mol. The van der Waals surface area contributed by atoms with Crippen molar-refractivity contribution in [3.8, 4) is 0 Å². The van der Waals surface area contributed by atoms with Crippen LogP contribution < -0.4 is 11.2 Å². The molecule has 1 aromatic rings. The van der Waals surface area contributed by atoms with E-state index in [-0.39, 0.29) is 26.0 Å². The van der Waals surface area contributed by atoms with Gasteiger partial charge in [-0.25, -0.2) is 4.79 Å². The van der Waals surface area contributed by atoms with Gasteiger partial charge in [0.25, 0.3) is 5.56 Å². The van der Waals surface area contributed by atoms with E-state index in [1.54, 1.807) is 6.92 Å². The average Bonchev–Trinajstić information content (AvgIpc) is 2.84. The lowest BCUT2D eigenvalue weighted by molar-refractivity contribution is -0.0464. The van der Waals surface area contributed by atoms with Crippen molar-refractivity contribution < 1.29 is 19.3 Å². The summed E-state index contributed by atoms with van der Waals surface area (Å²) in [4.78, 5) is 24.3. The minimum absolute atomic E-state index is 0.00541. The second-order valence-corrected chi connectivity index (χ2v) is 5.12. The molecule has 1 unspecified atom stereocenters. The maximum atomic E-state index is 12.3. The number of rotatable bonds is 5. The molecule has 0 spiro atoms. The van der Waals surface area contributed by atoms with Gasteiger partial charge in [0, 0.05) is 24.7 Å². The zero-order valence-corrected chi connectivity index (χ0v) is 11.7. The first kappa shape index (κ1) is 15.9. The summed E-state index contributed by atoms with van der Waals surface area (Å²) in [6.45, 7) is 0.575. The molecule has 2 rings (SSSR count). The Labute approximate surface area is 120 Å². The Morgan fingerprint density at radius 2 is 2.19 bits per heavy atom. The van der Waals surface area contributed by atoms with Crippen LogP contribution in [0.5, 0.6) is 0 Å². The lowest BCUT2D eigenvalue weighted by Gasteiger charge is -2.17. The Kier molecular flexibility index (Phi) is 4.92. The van der Waals surface area contributed by atoms with Crippen LogP contribution in [0.2, 0.25) is 0 Å². The number of aliphatic hydroxyl groups is 2. The van der Waals surface area contributed by atoms with Crippen LogP contribution in [0.25, 0.3) is 0 Å². The van der Waals surface area contributed by atoms with Gasteiger partial charge >= 0.3 is 5.69 Å². The summed E-state index contributed by atoms with van der Waals surface area (Å²) in [5.74, 6) is 0. The molecule has 21 heavy (non-hydrogen) atoms. The van der Waals surface area contributed by atoms with E-state index in [9.17, 15) is 19.1 Å². The highest BCUT2D eigenvalue weighted by Gasteiger charge is 2.35. The molecule has 0 radical (unpaired) electrons. The molecule has 118 valence electrons. The molecule has 1 aromatic heterocycles. The molecule has 0 aliphatic carbocycles. The van der Waals surface area contributed by atoms with Crippen molar-refractivity contribution in [3.63, 3.8) is 0 Å². The third-order valence-electron chi connectivity index (χ3n) is 3.58. The quantitative estimate of drug-likeness (QED) is 0.751. The number of alkyl halides is 1. The van der Waals surface area contributed by atoms with Crippen LogP contribution in [0.3, 0.4) is 0 Å². The van der Waals surface area contributed by atoms with Crippen LogP contribution in [0.1, 0.15) is 24.6 Å². The fraction of sp³-hybridized carbons (Fsp3) is 0.692. The SMILES string of the molecule is Cc1cn([C@H]2CC(O)[C@@H](CO)O2)c(=O)n(CCCF)c1=O. The molecule has 1 saturated heterocycles. The third-order valence-corrected chi connectivity index (χ3v) is 3.58. The predicted molar refractivity (Wildman–Crippen MR) is 71.9 cm³/mol. The van der Waals surface area contributed by atoms with Gasteiger partial charge in [0.05, 0.1) is 19.4 Å². The fourth-order valence-electron chi connectivity index (χ4n) is 2.43. The largest absolute Gasteiger partial charge is 0.394 e. The fourth-order valence-corrected chi connectivity index (χ4v) is 2.43. The lowest BCUT2D eigenvalue weighted by atomic mass is 10.2. The van der Waals surface area contributed by atoms with Crippen LogP contribution in [-0.2, 0) is 11.3 Å². The predicted octanol–water partition coefficient (Wildman–Crippen LogP) is -0.681. The summed E-state index contributed by atoms with van der Waals surface area (Å²) < 4.78 is 19.9. The minimum Gasteiger partial charge on any atom is -0.394 e. The van der Waals surface area contributed by atoms with E-state index < -0.39 is 36.4 Å². The molecule has 1 fully saturated rings. The first-order valence-corrected chi connectivity index (χ1v) is 6.82. The smallest absolute Gasteiger partial charge is 0.333 e. The van der Waals surface area contributed by atoms with Crippen LogP contribution in [0, 0.1) is 6.92 Å². The molecule has 2 N–H and O–H groups in total. The second-order valence-electron chi connectivity index (χ2n) is 5.12. The standard InChI is InChI=1S/C13H19FN2O5/c1-8-6-16(11-5-9(18)10(7-17)21-11)13(20)15(12(8)19)4-2-3-14/h6,9-11,17-18H,2-5,7H2,1H3/t9?,10-,11-/m1/s1. The maximum absolute atomic E-state index is 12.3. The van der Waals surface area contributed by atoms with E-state index in [1.807, 2.05) is 0 Å². The number of nitrogens with zero attached hydrogens (tertiary/aromatic N) is 2. The van der Waals surface area contributed by atoms with Gasteiger partial charge in [-0.3, -0.25) is 18.3 Å². The van der Waals surface area contributed by atoms with E-state index in [0.29, 0.717) is 5.56 Å². The first-order chi connectivity index (χ1) is 9.99. The minimum atomic E-state index is -0.876. The van der Waals surface area contributed by atoms with E-state index >= 15 is 0 Å². The van der Waals surface area contributed by atoms with Crippen molar-refractivity contribution in [1.82, 2.24) is 9.13 Å². The van der Waals surface area contributed by atoms with Crippen molar-refractivity contribution >= 4 is 0 Å². The maximum Gasteiger partial charge on any atom is 0.333 e. The zero-order valence-electron chi connectivity index (χ0n) is 11.7. The molecular formula is C13H19FN2O5. The van der Waals surface area contributed by atoms with E-state index in [1.165, 1.54) is 10.8 Å². The molecule has 2 heterocycles. The zero-order chi connectivity index (χ0) is 15.6. The van der Waals surface area contributed by atoms with Crippen LogP contribution in [0.4, 0.5) is 4.39 Å². The highest BCUT2D eigenvalue weighted by atomic mass is 19.1. The topological polar surface area (TPSA) is 93.7 Å². The Balaban J connectivity index is 2.39. The van der Waals surface area contributed by atoms with Gasteiger partial charge in [0.2, 0.25) is 0 Å². The van der Waals surface area contributed by atoms with Gasteiger partial charge in [-0.05, 0) is 13.3 Å². The van der Waals surface area contributed by atoms with Crippen molar-refractivity contribution in [2.45, 2.75) is 44.7 Å². The summed E-state index contributed by atoms with van der Waals surface area (Å²) in [6, 6.07) is 0. The molecule has 1 aliphatic heterocycles. The molecule has 1 aliphatic rings. The Morgan fingerprint density at radius 3 is 2.76 bits per heavy atom. The van der Waals surface area contributed by atoms with Crippen molar-refractivity contribution in [1.29, 1.82) is 0 Å². The van der Waals surface area contributed by atoms with Gasteiger partial charge in [-0.1, -0.05) is 0 Å². The van der Waals surface area contributed by atoms with Gasteiger partial charge in [0.1, 0.15) is 12.3 Å². The van der Waals surface area contributed by atoms with Crippen LogP contribution >= 0.6 is 0 Å². The van der Waals surface area contributed by atoms with E-state index in [2.05, 4.69) is 0 Å². The molecule has 8 heteroatoms. The number of aryl methyl sites for hydroxylation is 1. The molecule has 0 saturated carbocycles. The summed E-state index contributed by atoms with van der Waals surface area (Å²) in [7, 11) is 0. The Bertz CT molecular complexity index is 612. The molecule has 0 amide bonds. The summed E-state index contributed by atoms with van der Waals surface area (Å²) in [5, 5.41) is 18.8. The number of halogens is 1. The van der Waals surface area contributed by atoms with Gasteiger partial charge in [0.15, 0.2) is 0 Å². The Morgan fingerprint density at radius 1 is 1.48 bits per heavy atom. The summed E-state index contributed by atoms with van der Waals surface area (Å²) in [6.07, 6.45) is -0.793. The van der Waals surface area contributed by atoms with Crippen molar-refractivity contribution in [2.24, 2.45) is 0 Å². The molecule has 0 aromatic carbocycles. The second kappa shape index (κ2) is 6.50. The lowest BCUT2D eigenvalue weighted by Crippen LogP contribution is -2.42. The number of hydrogen-bond donors (Lipinski definition) is 2. The van der Waals surface area contributed by atoms with Crippen LogP contribution in [0.15, 0.2) is 15.8 Å². The van der Waals surface area contributed by atoms with Crippen LogP contribution in [-0.4, -0.2) is 44.8 Å². The molecule has 7 nitrogen and oxygen atoms in total. The number of aromatic nitrogens is 2. The van der Waals surface area contributed by atoms with Crippen molar-refractivity contribution in [2.75, 3.05) is 13.3 Å². The Hall–Kier alpha value is -1.51. The van der Waals surface area contributed by atoms with Gasteiger partial charge in [-0.15, -0.1) is 0 Å².